The van der Waals surface area contributed by atoms with E-state index in [1.54, 1.807) is 17.6 Å². The summed E-state index contributed by atoms with van der Waals surface area (Å²) in [7, 11) is 0. The molecule has 3 aromatic rings. The van der Waals surface area contributed by atoms with Crippen LogP contribution in [0.15, 0.2) is 33.6 Å². The average molecular weight is 260 g/mol. The van der Waals surface area contributed by atoms with Gasteiger partial charge in [0.2, 0.25) is 5.82 Å². The fourth-order valence-corrected chi connectivity index (χ4v) is 1.97. The molecule has 0 fully saturated rings. The van der Waals surface area contributed by atoms with E-state index in [2.05, 4.69) is 15.1 Å². The number of phenols is 1. The average Bonchev–Trinajstić information content (AvgIpc) is 3.01. The minimum absolute atomic E-state index is 0.0130. The van der Waals surface area contributed by atoms with E-state index in [4.69, 9.17) is 10.3 Å². The van der Waals surface area contributed by atoms with Gasteiger partial charge in [-0.1, -0.05) is 5.16 Å². The van der Waals surface area contributed by atoms with Gasteiger partial charge in [0.05, 0.1) is 11.2 Å². The van der Waals surface area contributed by atoms with Crippen molar-refractivity contribution in [3.05, 3.63) is 29.1 Å². The van der Waals surface area contributed by atoms with Crippen LogP contribution in [0.2, 0.25) is 0 Å². The Labute approximate surface area is 106 Å². The normalized spacial score (nSPS) is 10.7. The minimum Gasteiger partial charge on any atom is -0.506 e. The molecule has 2 heterocycles. The van der Waals surface area contributed by atoms with Crippen molar-refractivity contribution < 1.29 is 9.63 Å². The van der Waals surface area contributed by atoms with Crippen LogP contribution in [0.4, 0.5) is 5.69 Å². The molecule has 6 nitrogen and oxygen atoms in total. The van der Waals surface area contributed by atoms with Crippen LogP contribution < -0.4 is 5.73 Å². The molecule has 0 spiro atoms. The first-order chi connectivity index (χ1) is 8.74. The molecule has 0 aliphatic carbocycles. The molecule has 0 bridgehead atoms. The number of nitrogen functional groups attached to an aromatic ring is 1. The lowest BCUT2D eigenvalue weighted by atomic mass is 10.2. The van der Waals surface area contributed by atoms with Gasteiger partial charge in [0, 0.05) is 10.9 Å². The summed E-state index contributed by atoms with van der Waals surface area (Å²) in [5, 5.41) is 15.2. The van der Waals surface area contributed by atoms with Crippen LogP contribution in [0, 0.1) is 0 Å². The van der Waals surface area contributed by atoms with E-state index in [9.17, 15) is 5.11 Å². The second kappa shape index (κ2) is 4.11. The summed E-state index contributed by atoms with van der Waals surface area (Å²) < 4.78 is 5.12. The van der Waals surface area contributed by atoms with Crippen LogP contribution in [-0.4, -0.2) is 20.2 Å². The molecule has 3 N–H and O–H groups in total. The van der Waals surface area contributed by atoms with Crippen molar-refractivity contribution in [1.29, 1.82) is 0 Å². The number of nitrogens with two attached hydrogens (primary N) is 1. The van der Waals surface area contributed by atoms with Crippen LogP contribution >= 0.6 is 11.3 Å². The van der Waals surface area contributed by atoms with Crippen molar-refractivity contribution in [3.63, 3.8) is 0 Å². The number of aromatic nitrogens is 3. The van der Waals surface area contributed by atoms with Crippen LogP contribution in [0.25, 0.3) is 23.0 Å². The summed E-state index contributed by atoms with van der Waals surface area (Å²) in [5.41, 5.74) is 8.79. The highest BCUT2D eigenvalue weighted by Gasteiger charge is 2.12. The Morgan fingerprint density at radius 2 is 2.22 bits per heavy atom. The first-order valence-electron chi connectivity index (χ1n) is 5.05. The van der Waals surface area contributed by atoms with Gasteiger partial charge in [-0.25, -0.2) is 4.98 Å². The molecule has 0 atom stereocenters. The van der Waals surface area contributed by atoms with E-state index >= 15 is 0 Å². The summed E-state index contributed by atoms with van der Waals surface area (Å²) in [6.45, 7) is 0. The molecule has 0 aliphatic rings. The lowest BCUT2D eigenvalue weighted by Gasteiger charge is -1.99. The number of aromatic hydroxyl groups is 1. The van der Waals surface area contributed by atoms with Crippen molar-refractivity contribution in [2.75, 3.05) is 5.73 Å². The summed E-state index contributed by atoms with van der Waals surface area (Å²) in [6, 6.07) is 4.76. The molecule has 18 heavy (non-hydrogen) atoms. The first-order valence-corrected chi connectivity index (χ1v) is 5.99. The number of phenolic OH excluding ortho intramolecular Hbond substituents is 1. The van der Waals surface area contributed by atoms with Gasteiger partial charge in [-0.15, -0.1) is 11.3 Å². The monoisotopic (exact) mass is 260 g/mol. The number of nitrogens with zero attached hydrogens (tertiary/aromatic N) is 3. The molecule has 0 saturated heterocycles. The van der Waals surface area contributed by atoms with Gasteiger partial charge in [-0.05, 0) is 18.2 Å². The van der Waals surface area contributed by atoms with Crippen LogP contribution in [-0.2, 0) is 0 Å². The molecular formula is C11H8N4O2S. The maximum atomic E-state index is 9.53. The third-order valence-electron chi connectivity index (χ3n) is 2.36. The SMILES string of the molecule is Nc1ccc(-c2nc(-c3cscn3)no2)cc1O. The van der Waals surface area contributed by atoms with Crippen molar-refractivity contribution in [2.45, 2.75) is 0 Å². The molecule has 0 amide bonds. The molecular weight excluding hydrogens is 252 g/mol. The summed E-state index contributed by atoms with van der Waals surface area (Å²) in [5.74, 6) is 0.719. The summed E-state index contributed by atoms with van der Waals surface area (Å²) in [6.07, 6.45) is 0. The van der Waals surface area contributed by atoms with Crippen LogP contribution in [0.3, 0.4) is 0 Å². The molecule has 2 aromatic heterocycles. The number of rotatable bonds is 2. The van der Waals surface area contributed by atoms with Crippen molar-refractivity contribution in [3.8, 4) is 28.7 Å². The second-order valence-electron chi connectivity index (χ2n) is 3.57. The van der Waals surface area contributed by atoms with Gasteiger partial charge in [0.25, 0.3) is 5.89 Å². The predicted octanol–water partition coefficient (Wildman–Crippen LogP) is 2.15. The molecule has 7 heteroatoms. The Bertz CT molecular complexity index is 678. The number of hydrogen-bond acceptors (Lipinski definition) is 7. The topological polar surface area (TPSA) is 98.1 Å². The Hall–Kier alpha value is -2.41. The highest BCUT2D eigenvalue weighted by atomic mass is 32.1. The largest absolute Gasteiger partial charge is 0.506 e. The van der Waals surface area contributed by atoms with Gasteiger partial charge in [-0.3, -0.25) is 0 Å². The van der Waals surface area contributed by atoms with E-state index in [0.717, 1.165) is 0 Å². The van der Waals surface area contributed by atoms with E-state index in [0.29, 0.717) is 28.7 Å². The van der Waals surface area contributed by atoms with Gasteiger partial charge in [0.15, 0.2) is 0 Å². The second-order valence-corrected chi connectivity index (χ2v) is 4.29. The zero-order valence-electron chi connectivity index (χ0n) is 9.07. The lowest BCUT2D eigenvalue weighted by molar-refractivity contribution is 0.431. The highest BCUT2D eigenvalue weighted by molar-refractivity contribution is 7.07. The molecule has 90 valence electrons. The van der Waals surface area contributed by atoms with Crippen LogP contribution in [0.1, 0.15) is 0 Å². The van der Waals surface area contributed by atoms with Crippen molar-refractivity contribution in [2.24, 2.45) is 0 Å². The fourth-order valence-electron chi connectivity index (χ4n) is 1.44. The van der Waals surface area contributed by atoms with E-state index in [1.165, 1.54) is 17.4 Å². The standard InChI is InChI=1S/C11H8N4O2S/c12-7-2-1-6(3-9(7)16)11-14-10(15-17-11)8-4-18-5-13-8/h1-5,16H,12H2. The van der Waals surface area contributed by atoms with E-state index < -0.39 is 0 Å². The zero-order chi connectivity index (χ0) is 12.5. The molecule has 0 aliphatic heterocycles. The highest BCUT2D eigenvalue weighted by Crippen LogP contribution is 2.28. The van der Waals surface area contributed by atoms with Crippen molar-refractivity contribution >= 4 is 17.0 Å². The molecule has 0 radical (unpaired) electrons. The third kappa shape index (κ3) is 1.80. The van der Waals surface area contributed by atoms with Gasteiger partial charge < -0.3 is 15.4 Å². The molecule has 0 unspecified atom stereocenters. The quantitative estimate of drug-likeness (QED) is 0.541. The minimum atomic E-state index is -0.0130. The van der Waals surface area contributed by atoms with Gasteiger partial charge in [-0.2, -0.15) is 4.98 Å². The number of hydrogen-bond donors (Lipinski definition) is 2. The lowest BCUT2D eigenvalue weighted by Crippen LogP contribution is -1.86. The smallest absolute Gasteiger partial charge is 0.258 e. The molecule has 3 rings (SSSR count). The van der Waals surface area contributed by atoms with E-state index in [1.807, 2.05) is 5.38 Å². The fraction of sp³-hybridized carbons (Fsp3) is 0. The predicted molar refractivity (Wildman–Crippen MR) is 66.9 cm³/mol. The Morgan fingerprint density at radius 3 is 2.94 bits per heavy atom. The van der Waals surface area contributed by atoms with Gasteiger partial charge >= 0.3 is 0 Å². The Balaban J connectivity index is 2.00. The number of thiazole rings is 1. The Morgan fingerprint density at radius 1 is 1.33 bits per heavy atom. The van der Waals surface area contributed by atoms with Crippen molar-refractivity contribution in [1.82, 2.24) is 15.1 Å². The number of anilines is 1. The zero-order valence-corrected chi connectivity index (χ0v) is 9.89. The summed E-state index contributed by atoms with van der Waals surface area (Å²) in [4.78, 5) is 8.30. The Kier molecular flexibility index (Phi) is 2.45. The summed E-state index contributed by atoms with van der Waals surface area (Å²) >= 11 is 1.45. The maximum Gasteiger partial charge on any atom is 0.258 e. The maximum absolute atomic E-state index is 9.53. The molecule has 0 saturated carbocycles. The van der Waals surface area contributed by atoms with E-state index in [-0.39, 0.29) is 5.75 Å². The first kappa shape index (κ1) is 10.7. The van der Waals surface area contributed by atoms with Crippen LogP contribution in [0.5, 0.6) is 5.75 Å². The number of benzene rings is 1. The van der Waals surface area contributed by atoms with Gasteiger partial charge in [0.1, 0.15) is 11.4 Å². The molecule has 1 aromatic carbocycles. The third-order valence-corrected chi connectivity index (χ3v) is 2.95.